The second-order valence-corrected chi connectivity index (χ2v) is 39.4. The molecule has 0 atom stereocenters. The summed E-state index contributed by atoms with van der Waals surface area (Å²) in [6.45, 7) is 0. The molecule has 0 aliphatic carbocycles. The molecule has 688 valence electrons. The van der Waals surface area contributed by atoms with Gasteiger partial charge in [-0.05, 0) is 304 Å². The first-order valence-corrected chi connectivity index (χ1v) is 50.9. The lowest BCUT2D eigenvalue weighted by atomic mass is 9.84. The molecule has 9 nitrogen and oxygen atoms in total. The van der Waals surface area contributed by atoms with Gasteiger partial charge in [-0.25, -0.2) is 29.9 Å². The van der Waals surface area contributed by atoms with Gasteiger partial charge >= 0.3 is 0 Å². The Morgan fingerprint density at radius 2 is 0.383 bits per heavy atom. The van der Waals surface area contributed by atoms with Crippen LogP contribution in [0.15, 0.2) is 504 Å². The Labute approximate surface area is 852 Å². The van der Waals surface area contributed by atoms with E-state index in [9.17, 15) is 0 Å². The minimum atomic E-state index is 0.929. The molecule has 33 rings (SSSR count). The van der Waals surface area contributed by atoms with Crippen LogP contribution in [0.2, 0.25) is 0 Å². The van der Waals surface area contributed by atoms with E-state index >= 15 is 0 Å². The highest BCUT2D eigenvalue weighted by Gasteiger charge is 2.27. The van der Waals surface area contributed by atoms with Crippen molar-refractivity contribution in [2.75, 3.05) is 0 Å². The van der Waals surface area contributed by atoms with Crippen molar-refractivity contribution in [3.05, 3.63) is 504 Å². The number of pyridine rings is 6. The SMILES string of the molecule is c1cc(-c2ccc3ccccc3c2)cc(-c2ccc3c(c2)c2nc4ccccc4cc2c2nc4ccccc4n32)c1.c1ccc2cc(-c3c4ccccc4c(-c4ccc5ccccc5c4)c4cc(-c5ccc6c(c5)c5nc7ccccc7cc5c5nc7ccccc7n65)ccc34)ccc2c1.c1ccc2nc3c4cc(-c5c6ccccc6c(-c6cccc7ccccc67)c6ccccc56)ccc4n4c5ccccc5nc4c3cc2c1. The zero-order valence-electron chi connectivity index (χ0n) is 80.4. The molecule has 24 aromatic carbocycles. The Morgan fingerprint density at radius 1 is 0.121 bits per heavy atom. The lowest BCUT2D eigenvalue weighted by Gasteiger charge is -2.19. The Balaban J connectivity index is 0.000000103. The van der Waals surface area contributed by atoms with Gasteiger partial charge in [0.15, 0.2) is 0 Å². The van der Waals surface area contributed by atoms with Crippen LogP contribution in [0, 0.1) is 0 Å². The molecule has 33 aromatic rings. The summed E-state index contributed by atoms with van der Waals surface area (Å²) >= 11 is 0. The molecule has 0 N–H and O–H groups in total. The van der Waals surface area contributed by atoms with Crippen molar-refractivity contribution in [1.82, 2.24) is 43.1 Å². The summed E-state index contributed by atoms with van der Waals surface area (Å²) in [6.07, 6.45) is 0. The van der Waals surface area contributed by atoms with Crippen LogP contribution in [0.4, 0.5) is 0 Å². The van der Waals surface area contributed by atoms with Crippen molar-refractivity contribution in [1.29, 1.82) is 0 Å². The summed E-state index contributed by atoms with van der Waals surface area (Å²) in [5.74, 6) is 0. The van der Waals surface area contributed by atoms with Gasteiger partial charge in [0.1, 0.15) is 16.9 Å². The van der Waals surface area contributed by atoms with Gasteiger partial charge in [-0.15, -0.1) is 0 Å². The van der Waals surface area contributed by atoms with E-state index in [0.717, 1.165) is 159 Å². The average Bonchev–Trinajstić information content (AvgIpc) is 1.64. The Morgan fingerprint density at radius 3 is 0.799 bits per heavy atom. The lowest BCUT2D eigenvalue weighted by Crippen LogP contribution is -1.95. The molecule has 0 spiro atoms. The number of imidazole rings is 3. The molecule has 9 heterocycles. The van der Waals surface area contributed by atoms with Crippen LogP contribution < -0.4 is 0 Å². The molecule has 0 bridgehead atoms. The molecule has 149 heavy (non-hydrogen) atoms. The molecule has 0 aliphatic rings. The van der Waals surface area contributed by atoms with E-state index in [1.807, 2.05) is 6.07 Å². The molecule has 0 fully saturated rings. The van der Waals surface area contributed by atoms with E-state index in [0.29, 0.717) is 0 Å². The van der Waals surface area contributed by atoms with Crippen LogP contribution in [0.25, 0.3) is 312 Å². The largest absolute Gasteiger partial charge is 0.292 e. The van der Waals surface area contributed by atoms with Crippen LogP contribution in [0.1, 0.15) is 0 Å². The highest BCUT2D eigenvalue weighted by Crippen LogP contribution is 2.51. The fourth-order valence-corrected chi connectivity index (χ4v) is 24.2. The minimum Gasteiger partial charge on any atom is -0.292 e. The number of nitrogens with zero attached hydrogens (tertiary/aromatic N) is 9. The highest BCUT2D eigenvalue weighted by molar-refractivity contribution is 6.28. The first kappa shape index (κ1) is 83.6. The fraction of sp³-hybridized carbons (Fsp3) is 0. The van der Waals surface area contributed by atoms with Crippen LogP contribution >= 0.6 is 0 Å². The first-order valence-electron chi connectivity index (χ1n) is 50.9. The van der Waals surface area contributed by atoms with Gasteiger partial charge in [0.05, 0.1) is 82.8 Å². The van der Waals surface area contributed by atoms with Gasteiger partial charge in [-0.3, -0.25) is 13.2 Å². The van der Waals surface area contributed by atoms with Crippen LogP contribution in [0.5, 0.6) is 0 Å². The van der Waals surface area contributed by atoms with Crippen LogP contribution in [0.3, 0.4) is 0 Å². The third-order valence-electron chi connectivity index (χ3n) is 31.0. The van der Waals surface area contributed by atoms with Crippen molar-refractivity contribution in [3.63, 3.8) is 0 Å². The number of fused-ring (bicyclic) bond motifs is 35. The molecular formula is C140H83N9. The van der Waals surface area contributed by atoms with E-state index < -0.39 is 0 Å². The quantitative estimate of drug-likeness (QED) is 0.117. The average molecular weight is 1890 g/mol. The topological polar surface area (TPSA) is 90.6 Å². The van der Waals surface area contributed by atoms with Gasteiger partial charge in [0.2, 0.25) is 0 Å². The van der Waals surface area contributed by atoms with E-state index in [1.165, 1.54) is 153 Å². The molecule has 9 heteroatoms. The van der Waals surface area contributed by atoms with E-state index in [-0.39, 0.29) is 0 Å². The molecule has 0 unspecified atom stereocenters. The fourth-order valence-electron chi connectivity index (χ4n) is 24.2. The second kappa shape index (κ2) is 33.3. The lowest BCUT2D eigenvalue weighted by molar-refractivity contribution is 1.31. The summed E-state index contributed by atoms with van der Waals surface area (Å²) < 4.78 is 6.92. The maximum atomic E-state index is 5.34. The highest BCUT2D eigenvalue weighted by atomic mass is 15.0. The summed E-state index contributed by atoms with van der Waals surface area (Å²) in [7, 11) is 0. The van der Waals surface area contributed by atoms with Crippen molar-refractivity contribution in [2.24, 2.45) is 0 Å². The molecule has 0 saturated heterocycles. The van der Waals surface area contributed by atoms with E-state index in [1.54, 1.807) is 0 Å². The maximum Gasteiger partial charge on any atom is 0.147 e. The number of para-hydroxylation sites is 9. The standard InChI is InChI=1S/C56H33N3.C46H27N3.C38H23N3/c1-3-13-36-29-41(23-21-34(36)11-1)53-43-16-6-7-17-44(43)54(42-24-22-35-12-2-4-14-37(35)30-42)46-31-38(25-27-45(46)53)39-26-28-51-47(32-39)55-48(33-40-15-5-8-18-49(40)57-55)56-58-50-19-9-10-20-52(50)59(51)56;1-3-15-31-28(12-1)14-11-20-32(31)44-35-18-6-4-16-33(35)43(34-17-5-7-19-36(34)44)30-24-25-41-37(27-30)45-38(26-29-13-2-8-21-39(29)47-45)46-48-40-22-9-10-23-42(40)49(41)46;1-2-9-25-20-28(17-16-24(25)8-1)26-11-7-12-27(21-26)29-18-19-35-31(22-29)37-32(23-30-10-3-4-13-33(30)39-37)38-40-34-14-5-6-15-36(34)41(35)38/h1-33H;1-27H;1-23H. The Bertz CT molecular complexity index is 11500. The predicted octanol–water partition coefficient (Wildman–Crippen LogP) is 36.9. The van der Waals surface area contributed by atoms with E-state index in [4.69, 9.17) is 29.9 Å². The third-order valence-corrected chi connectivity index (χ3v) is 31.0. The number of benzene rings is 24. The molecule has 9 aromatic heterocycles. The predicted molar refractivity (Wildman–Crippen MR) is 627 cm³/mol. The summed E-state index contributed by atoms with van der Waals surface area (Å²) in [5, 5.41) is 29.7. The molecular weight excluding hydrogens is 1810 g/mol. The third kappa shape index (κ3) is 13.4. The van der Waals surface area contributed by atoms with Gasteiger partial charge < -0.3 is 0 Å². The van der Waals surface area contributed by atoms with Crippen LogP contribution in [-0.2, 0) is 0 Å². The molecule has 0 saturated carbocycles. The molecule has 0 radical (unpaired) electrons. The zero-order valence-corrected chi connectivity index (χ0v) is 80.4. The number of hydrogen-bond acceptors (Lipinski definition) is 6. The Kier molecular flexibility index (Phi) is 18.7. The summed E-state index contributed by atoms with van der Waals surface area (Å²) in [4.78, 5) is 31.2. The second-order valence-electron chi connectivity index (χ2n) is 39.4. The normalized spacial score (nSPS) is 12.0. The maximum absolute atomic E-state index is 5.34. The summed E-state index contributed by atoms with van der Waals surface area (Å²) in [5.41, 5.74) is 35.2. The molecule has 0 amide bonds. The summed E-state index contributed by atoms with van der Waals surface area (Å²) in [6, 6.07) is 182. The number of rotatable bonds is 7. The zero-order chi connectivity index (χ0) is 97.6. The van der Waals surface area contributed by atoms with E-state index in [2.05, 4.69) is 511 Å². The van der Waals surface area contributed by atoms with Crippen molar-refractivity contribution in [3.8, 4) is 77.9 Å². The smallest absolute Gasteiger partial charge is 0.147 e. The number of hydrogen-bond donors (Lipinski definition) is 0. The van der Waals surface area contributed by atoms with Crippen molar-refractivity contribution < 1.29 is 0 Å². The number of aromatic nitrogens is 9. The van der Waals surface area contributed by atoms with Gasteiger partial charge in [0, 0.05) is 48.5 Å². The Hall–Kier alpha value is -20.0. The van der Waals surface area contributed by atoms with Crippen LogP contribution in [-0.4, -0.2) is 43.1 Å². The van der Waals surface area contributed by atoms with Crippen molar-refractivity contribution >= 4 is 234 Å². The minimum absolute atomic E-state index is 0.929. The first-order chi connectivity index (χ1) is 73.8. The monoisotopic (exact) mass is 1890 g/mol. The van der Waals surface area contributed by atoms with Gasteiger partial charge in [0.25, 0.3) is 0 Å². The molecule has 0 aliphatic heterocycles. The van der Waals surface area contributed by atoms with Crippen molar-refractivity contribution in [2.45, 2.75) is 0 Å². The van der Waals surface area contributed by atoms with Gasteiger partial charge in [-0.2, -0.15) is 0 Å². The van der Waals surface area contributed by atoms with Gasteiger partial charge in [-0.1, -0.05) is 364 Å².